The summed E-state index contributed by atoms with van der Waals surface area (Å²) >= 11 is 0. The van der Waals surface area contributed by atoms with Crippen LogP contribution in [0.15, 0.2) is 66.7 Å². The number of ether oxygens (including phenoxy) is 1. The number of fused-ring (bicyclic) bond motifs is 1. The fourth-order valence-electron chi connectivity index (χ4n) is 4.93. The van der Waals surface area contributed by atoms with Gasteiger partial charge in [0.15, 0.2) is 0 Å². The number of nitrogens with two attached hydrogens (primary N) is 1. The highest BCUT2D eigenvalue weighted by Crippen LogP contribution is 2.35. The molecule has 3 N–H and O–H groups in total. The van der Waals surface area contributed by atoms with Crippen molar-refractivity contribution >= 4 is 17.5 Å². The van der Waals surface area contributed by atoms with Gasteiger partial charge in [-0.15, -0.1) is 0 Å². The standard InChI is InChI=1S/C32H29N7O2/c1-20-14-24(18-34)15-21(2)29(20)41-30-26-19-39(31(40)27(35)16-22-6-4-3-5-7-22)13-12-28(26)37-32(38-30)36-25-10-8-23(17-33)9-11-25/h3-11,14-15,27H,12-13,16,19,35H2,1-2H3,(H,36,37,38)/t27-/m0/s1. The second-order valence-electron chi connectivity index (χ2n) is 10.1. The van der Waals surface area contributed by atoms with Gasteiger partial charge in [0, 0.05) is 18.7 Å². The van der Waals surface area contributed by atoms with Crippen molar-refractivity contribution in [1.82, 2.24) is 14.9 Å². The molecule has 204 valence electrons. The van der Waals surface area contributed by atoms with Gasteiger partial charge in [-0.1, -0.05) is 30.3 Å². The third-order valence-corrected chi connectivity index (χ3v) is 7.01. The van der Waals surface area contributed by atoms with E-state index < -0.39 is 6.04 Å². The summed E-state index contributed by atoms with van der Waals surface area (Å²) in [7, 11) is 0. The summed E-state index contributed by atoms with van der Waals surface area (Å²) in [5.74, 6) is 1.12. The van der Waals surface area contributed by atoms with E-state index in [4.69, 9.17) is 25.7 Å². The van der Waals surface area contributed by atoms with Gasteiger partial charge in [0.25, 0.3) is 0 Å². The third kappa shape index (κ3) is 6.17. The highest BCUT2D eigenvalue weighted by atomic mass is 16.5. The normalized spacial score (nSPS) is 13.0. The number of carbonyl (C=O) groups excluding carboxylic acids is 1. The van der Waals surface area contributed by atoms with Crippen molar-refractivity contribution in [2.45, 2.75) is 39.3 Å². The fraction of sp³-hybridized carbons (Fsp3) is 0.219. The minimum Gasteiger partial charge on any atom is -0.438 e. The average molecular weight is 544 g/mol. The van der Waals surface area contributed by atoms with Crippen LogP contribution in [0.1, 0.15) is 39.1 Å². The quantitative estimate of drug-likeness (QED) is 0.338. The lowest BCUT2D eigenvalue weighted by atomic mass is 10.0. The van der Waals surface area contributed by atoms with E-state index in [-0.39, 0.29) is 12.5 Å². The van der Waals surface area contributed by atoms with Crippen LogP contribution in [0, 0.1) is 36.5 Å². The molecule has 0 saturated carbocycles. The van der Waals surface area contributed by atoms with Crippen LogP contribution in [0.5, 0.6) is 11.6 Å². The summed E-state index contributed by atoms with van der Waals surface area (Å²) in [4.78, 5) is 24.6. The maximum atomic E-state index is 13.4. The Morgan fingerprint density at radius 2 is 1.71 bits per heavy atom. The molecule has 4 aromatic rings. The van der Waals surface area contributed by atoms with Gasteiger partial charge in [-0.05, 0) is 73.4 Å². The summed E-state index contributed by atoms with van der Waals surface area (Å²) in [5.41, 5.74) is 12.2. The van der Waals surface area contributed by atoms with E-state index in [0.29, 0.717) is 53.7 Å². The van der Waals surface area contributed by atoms with Crippen LogP contribution < -0.4 is 15.8 Å². The molecule has 5 rings (SSSR count). The SMILES string of the molecule is Cc1cc(C#N)cc(C)c1Oc1nc(Nc2ccc(C#N)cc2)nc2c1CN(C(=O)[C@@H](N)Cc1ccccc1)CC2. The number of hydrogen-bond acceptors (Lipinski definition) is 8. The van der Waals surface area contributed by atoms with Gasteiger partial charge in [-0.3, -0.25) is 4.79 Å². The highest BCUT2D eigenvalue weighted by molar-refractivity contribution is 5.82. The second-order valence-corrected chi connectivity index (χ2v) is 10.1. The van der Waals surface area contributed by atoms with E-state index in [1.165, 1.54) is 0 Å². The van der Waals surface area contributed by atoms with E-state index in [0.717, 1.165) is 28.1 Å². The molecule has 1 aliphatic rings. The molecule has 1 atom stereocenters. The first-order chi connectivity index (χ1) is 19.8. The average Bonchev–Trinajstić information content (AvgIpc) is 2.99. The summed E-state index contributed by atoms with van der Waals surface area (Å²) in [5, 5.41) is 21.7. The molecular formula is C32H29N7O2. The summed E-state index contributed by atoms with van der Waals surface area (Å²) in [6, 6.07) is 23.9. The van der Waals surface area contributed by atoms with Crippen LogP contribution in [-0.2, 0) is 24.2 Å². The second kappa shape index (κ2) is 11.9. The maximum Gasteiger partial charge on any atom is 0.240 e. The van der Waals surface area contributed by atoms with E-state index in [2.05, 4.69) is 17.5 Å². The molecule has 41 heavy (non-hydrogen) atoms. The third-order valence-electron chi connectivity index (χ3n) is 7.01. The molecule has 2 heterocycles. The molecule has 0 unspecified atom stereocenters. The Hall–Kier alpha value is -5.25. The van der Waals surface area contributed by atoms with Crippen molar-refractivity contribution in [2.24, 2.45) is 5.73 Å². The van der Waals surface area contributed by atoms with E-state index in [1.54, 1.807) is 41.3 Å². The van der Waals surface area contributed by atoms with Gasteiger partial charge in [0.2, 0.25) is 17.7 Å². The Morgan fingerprint density at radius 3 is 2.37 bits per heavy atom. The van der Waals surface area contributed by atoms with Gasteiger partial charge < -0.3 is 20.7 Å². The van der Waals surface area contributed by atoms with Gasteiger partial charge in [-0.2, -0.15) is 15.5 Å². The first-order valence-electron chi connectivity index (χ1n) is 13.3. The predicted molar refractivity (Wildman–Crippen MR) is 154 cm³/mol. The zero-order valence-electron chi connectivity index (χ0n) is 22.9. The molecule has 1 aliphatic heterocycles. The largest absolute Gasteiger partial charge is 0.438 e. The number of aryl methyl sites for hydroxylation is 2. The zero-order chi connectivity index (χ0) is 28.9. The van der Waals surface area contributed by atoms with Crippen LogP contribution in [0.3, 0.4) is 0 Å². The smallest absolute Gasteiger partial charge is 0.240 e. The van der Waals surface area contributed by atoms with Crippen molar-refractivity contribution in [3.05, 3.63) is 106 Å². The molecule has 0 fully saturated rings. The lowest BCUT2D eigenvalue weighted by molar-refractivity contribution is -0.133. The number of nitrogens with zero attached hydrogens (tertiary/aromatic N) is 5. The number of aromatic nitrogens is 2. The predicted octanol–water partition coefficient (Wildman–Crippen LogP) is 4.83. The van der Waals surface area contributed by atoms with E-state index in [1.807, 2.05) is 44.2 Å². The molecular weight excluding hydrogens is 514 g/mol. The van der Waals surface area contributed by atoms with Crippen molar-refractivity contribution in [3.8, 4) is 23.8 Å². The maximum absolute atomic E-state index is 13.4. The number of amides is 1. The van der Waals surface area contributed by atoms with Gasteiger partial charge >= 0.3 is 0 Å². The summed E-state index contributed by atoms with van der Waals surface area (Å²) < 4.78 is 6.42. The Bertz CT molecular complexity index is 1650. The number of rotatable bonds is 7. The lowest BCUT2D eigenvalue weighted by Crippen LogP contribution is -2.47. The molecule has 9 nitrogen and oxygen atoms in total. The molecule has 9 heteroatoms. The van der Waals surface area contributed by atoms with Gasteiger partial charge in [0.1, 0.15) is 5.75 Å². The molecule has 3 aromatic carbocycles. The Balaban J connectivity index is 1.47. The molecule has 0 saturated heterocycles. The van der Waals surface area contributed by atoms with E-state index >= 15 is 0 Å². The minimum atomic E-state index is -0.676. The first-order valence-corrected chi connectivity index (χ1v) is 13.3. The number of benzene rings is 3. The Kier molecular flexibility index (Phi) is 7.91. The van der Waals surface area contributed by atoms with Gasteiger partial charge in [0.05, 0.1) is 47.1 Å². The number of anilines is 2. The summed E-state index contributed by atoms with van der Waals surface area (Å²) in [6.45, 7) is 4.49. The zero-order valence-corrected chi connectivity index (χ0v) is 22.9. The molecule has 1 aromatic heterocycles. The molecule has 0 aliphatic carbocycles. The van der Waals surface area contributed by atoms with Crippen LogP contribution in [0.4, 0.5) is 11.6 Å². The highest BCUT2D eigenvalue weighted by Gasteiger charge is 2.30. The lowest BCUT2D eigenvalue weighted by Gasteiger charge is -2.31. The molecule has 0 radical (unpaired) electrons. The van der Waals surface area contributed by atoms with Crippen molar-refractivity contribution in [3.63, 3.8) is 0 Å². The van der Waals surface area contributed by atoms with Crippen LogP contribution in [0.2, 0.25) is 0 Å². The van der Waals surface area contributed by atoms with Crippen molar-refractivity contribution in [2.75, 3.05) is 11.9 Å². The molecule has 0 spiro atoms. The Morgan fingerprint density at radius 1 is 1.02 bits per heavy atom. The number of carbonyl (C=O) groups is 1. The Labute approximate surface area is 238 Å². The van der Waals surface area contributed by atoms with Crippen LogP contribution in [-0.4, -0.2) is 33.4 Å². The number of hydrogen-bond donors (Lipinski definition) is 2. The summed E-state index contributed by atoms with van der Waals surface area (Å²) in [6.07, 6.45) is 0.950. The number of nitriles is 2. The topological polar surface area (TPSA) is 141 Å². The van der Waals surface area contributed by atoms with Crippen molar-refractivity contribution in [1.29, 1.82) is 10.5 Å². The van der Waals surface area contributed by atoms with Gasteiger partial charge in [-0.25, -0.2) is 4.98 Å². The van der Waals surface area contributed by atoms with E-state index in [9.17, 15) is 10.1 Å². The van der Waals surface area contributed by atoms with Crippen molar-refractivity contribution < 1.29 is 9.53 Å². The van der Waals surface area contributed by atoms with Crippen LogP contribution >= 0.6 is 0 Å². The minimum absolute atomic E-state index is 0.143. The first kappa shape index (κ1) is 27.3. The fourth-order valence-corrected chi connectivity index (χ4v) is 4.93. The number of nitrogens with one attached hydrogen (secondary N) is 1. The molecule has 1 amide bonds. The monoisotopic (exact) mass is 543 g/mol. The van der Waals surface area contributed by atoms with Crippen LogP contribution in [0.25, 0.3) is 0 Å². The molecule has 0 bridgehead atoms.